The quantitative estimate of drug-likeness (QED) is 0.346. The van der Waals surface area contributed by atoms with Crippen molar-refractivity contribution < 1.29 is 17.3 Å². The van der Waals surface area contributed by atoms with Gasteiger partial charge in [-0.05, 0) is 17.8 Å². The Morgan fingerprint density at radius 2 is 0.833 bits per heavy atom. The van der Waals surface area contributed by atoms with Crippen LogP contribution in [-0.4, -0.2) is 25.7 Å². The van der Waals surface area contributed by atoms with Crippen LogP contribution in [0.2, 0.25) is 0 Å². The summed E-state index contributed by atoms with van der Waals surface area (Å²) in [5.74, 6) is 2.73. The van der Waals surface area contributed by atoms with Crippen molar-refractivity contribution in [2.24, 2.45) is 17.8 Å². The Morgan fingerprint density at radius 3 is 0.944 bits per heavy atom. The maximum Gasteiger partial charge on any atom is 0.673 e. The minimum absolute atomic E-state index is 0.0432. The van der Waals surface area contributed by atoms with Gasteiger partial charge in [-0.2, -0.15) is 0 Å². The Bertz CT molecular complexity index is 163. The molecule has 6 heteroatoms. The summed E-state index contributed by atoms with van der Waals surface area (Å²) in [4.78, 5) is 0. The fourth-order valence-corrected chi connectivity index (χ4v) is 5.95. The molecule has 0 aromatic heterocycles. The molecule has 0 saturated carbocycles. The van der Waals surface area contributed by atoms with Gasteiger partial charge in [-0.3, -0.25) is 0 Å². The molecule has 0 N–H and O–H groups in total. The normalized spacial score (nSPS) is 12.3. The van der Waals surface area contributed by atoms with Crippen molar-refractivity contribution in [1.29, 1.82) is 0 Å². The van der Waals surface area contributed by atoms with Gasteiger partial charge < -0.3 is 17.3 Å². The van der Waals surface area contributed by atoms with Gasteiger partial charge in [0.05, 0.1) is 18.5 Å². The van der Waals surface area contributed by atoms with Crippen LogP contribution in [0.15, 0.2) is 0 Å². The monoisotopic (exact) mass is 290 g/mol. The zero-order valence-electron chi connectivity index (χ0n) is 12.4. The first kappa shape index (κ1) is 20.5. The highest BCUT2D eigenvalue weighted by molar-refractivity contribution is 7.57. The molecular weight excluding hydrogens is 262 g/mol. The van der Waals surface area contributed by atoms with Gasteiger partial charge in [-0.15, -0.1) is 0 Å². The molecule has 0 spiro atoms. The molecular formula is C12H28BF4P. The molecule has 0 radical (unpaired) electrons. The van der Waals surface area contributed by atoms with Gasteiger partial charge in [0.2, 0.25) is 0 Å². The third-order valence-corrected chi connectivity index (χ3v) is 6.27. The highest BCUT2D eigenvalue weighted by atomic mass is 31.1. The molecule has 0 aromatic rings. The molecule has 0 heterocycles. The van der Waals surface area contributed by atoms with Crippen LogP contribution in [0.3, 0.4) is 0 Å². The van der Waals surface area contributed by atoms with E-state index >= 15 is 0 Å². The molecule has 0 nitrogen and oxygen atoms in total. The standard InChI is InChI=1S/C12H27P.BF4/c1-10(2)7-13(8-11(3)4)9-12(5)6;2-1(3,4)5/h10-12H,7-9H2,1-6H3;/q;-1/p+1. The third-order valence-electron chi connectivity index (χ3n) is 2.09. The minimum Gasteiger partial charge on any atom is -0.418 e. The number of halogens is 4. The Hall–Kier alpha value is 0.215. The van der Waals surface area contributed by atoms with Crippen molar-refractivity contribution in [2.75, 3.05) is 18.5 Å². The van der Waals surface area contributed by atoms with Gasteiger partial charge in [-0.25, -0.2) is 0 Å². The predicted molar refractivity (Wildman–Crippen MR) is 77.6 cm³/mol. The van der Waals surface area contributed by atoms with E-state index in [1.807, 2.05) is 0 Å². The van der Waals surface area contributed by atoms with E-state index in [2.05, 4.69) is 41.5 Å². The smallest absolute Gasteiger partial charge is 0.418 e. The largest absolute Gasteiger partial charge is 0.673 e. The topological polar surface area (TPSA) is 0 Å². The first-order valence-corrected chi connectivity index (χ1v) is 8.74. The molecule has 0 atom stereocenters. The van der Waals surface area contributed by atoms with Crippen molar-refractivity contribution in [3.63, 3.8) is 0 Å². The molecule has 0 bridgehead atoms. The van der Waals surface area contributed by atoms with Crippen LogP contribution in [0.4, 0.5) is 17.3 Å². The van der Waals surface area contributed by atoms with E-state index in [1.165, 1.54) is 18.5 Å². The summed E-state index contributed by atoms with van der Waals surface area (Å²) in [5, 5.41) is 0. The van der Waals surface area contributed by atoms with Gasteiger partial charge in [0.1, 0.15) is 0 Å². The highest BCUT2D eigenvalue weighted by Gasteiger charge is 2.21. The molecule has 18 heavy (non-hydrogen) atoms. The molecule has 0 aromatic carbocycles. The lowest BCUT2D eigenvalue weighted by atomic mass is 10.3. The summed E-state index contributed by atoms with van der Waals surface area (Å²) in [6, 6.07) is 0. The minimum atomic E-state index is -6.00. The summed E-state index contributed by atoms with van der Waals surface area (Å²) in [6.07, 6.45) is 4.54. The molecule has 0 aliphatic heterocycles. The number of rotatable bonds is 6. The van der Waals surface area contributed by atoms with E-state index in [0.717, 1.165) is 17.8 Å². The fourth-order valence-electron chi connectivity index (χ4n) is 1.98. The summed E-state index contributed by atoms with van der Waals surface area (Å²) >= 11 is 0. The number of hydrogen-bond donors (Lipinski definition) is 0. The molecule has 0 unspecified atom stereocenters. The zero-order valence-corrected chi connectivity index (χ0v) is 13.4. The van der Waals surface area contributed by atoms with Crippen LogP contribution in [0.1, 0.15) is 41.5 Å². The Morgan fingerprint density at radius 1 is 0.667 bits per heavy atom. The average molecular weight is 290 g/mol. The summed E-state index contributed by atoms with van der Waals surface area (Å²) in [6.45, 7) is 14.2. The molecule has 112 valence electrons. The second-order valence-corrected chi connectivity index (χ2v) is 8.76. The van der Waals surface area contributed by atoms with Gasteiger partial charge in [0.25, 0.3) is 0 Å². The van der Waals surface area contributed by atoms with Crippen LogP contribution in [0.25, 0.3) is 0 Å². The predicted octanol–water partition coefficient (Wildman–Crippen LogP) is 5.47. The first-order valence-electron chi connectivity index (χ1n) is 6.62. The zero-order chi connectivity index (χ0) is 14.9. The van der Waals surface area contributed by atoms with Crippen LogP contribution >= 0.6 is 7.92 Å². The lowest BCUT2D eigenvalue weighted by molar-refractivity contribution is 0.368. The van der Waals surface area contributed by atoms with Crippen LogP contribution in [0.5, 0.6) is 0 Å². The van der Waals surface area contributed by atoms with Crippen molar-refractivity contribution >= 4 is 15.2 Å². The molecule has 0 rings (SSSR count). The highest BCUT2D eigenvalue weighted by Crippen LogP contribution is 2.41. The van der Waals surface area contributed by atoms with Crippen molar-refractivity contribution in [1.82, 2.24) is 0 Å². The second-order valence-electron chi connectivity index (χ2n) is 6.04. The van der Waals surface area contributed by atoms with E-state index < -0.39 is 7.25 Å². The second kappa shape index (κ2) is 10.1. The van der Waals surface area contributed by atoms with Crippen LogP contribution in [0, 0.1) is 17.8 Å². The van der Waals surface area contributed by atoms with E-state index in [0.29, 0.717) is 0 Å². The molecule has 0 aliphatic carbocycles. The summed E-state index contributed by atoms with van der Waals surface area (Å²) in [7, 11) is -6.04. The molecule has 0 aliphatic rings. The van der Waals surface area contributed by atoms with E-state index in [1.54, 1.807) is 0 Å². The van der Waals surface area contributed by atoms with Crippen LogP contribution < -0.4 is 0 Å². The Kier molecular flexibility index (Phi) is 11.5. The van der Waals surface area contributed by atoms with E-state index in [4.69, 9.17) is 0 Å². The molecule has 0 amide bonds. The molecule has 0 fully saturated rings. The Labute approximate surface area is 111 Å². The summed E-state index contributed by atoms with van der Waals surface area (Å²) < 4.78 is 39.0. The summed E-state index contributed by atoms with van der Waals surface area (Å²) in [5.41, 5.74) is 0. The maximum atomic E-state index is 9.75. The maximum absolute atomic E-state index is 9.75. The fraction of sp³-hybridized carbons (Fsp3) is 1.00. The van der Waals surface area contributed by atoms with Crippen LogP contribution in [-0.2, 0) is 0 Å². The van der Waals surface area contributed by atoms with E-state index in [-0.39, 0.29) is 7.92 Å². The Balaban J connectivity index is 0. The van der Waals surface area contributed by atoms with Crippen molar-refractivity contribution in [3.05, 3.63) is 0 Å². The van der Waals surface area contributed by atoms with Gasteiger partial charge in [-0.1, -0.05) is 41.5 Å². The third kappa shape index (κ3) is 25.2. The van der Waals surface area contributed by atoms with Crippen molar-refractivity contribution in [3.8, 4) is 0 Å². The van der Waals surface area contributed by atoms with E-state index in [9.17, 15) is 17.3 Å². The molecule has 0 saturated heterocycles. The lowest BCUT2D eigenvalue weighted by Gasteiger charge is -2.16. The first-order chi connectivity index (χ1) is 7.91. The van der Waals surface area contributed by atoms with Crippen molar-refractivity contribution in [2.45, 2.75) is 41.5 Å². The van der Waals surface area contributed by atoms with Gasteiger partial charge >= 0.3 is 7.25 Å². The lowest BCUT2D eigenvalue weighted by Crippen LogP contribution is -2.07. The average Bonchev–Trinajstić information content (AvgIpc) is 1.94. The number of hydrogen-bond acceptors (Lipinski definition) is 0. The van der Waals surface area contributed by atoms with Gasteiger partial charge in [0.15, 0.2) is 0 Å². The van der Waals surface area contributed by atoms with Gasteiger partial charge in [0, 0.05) is 7.92 Å². The SMILES string of the molecule is CC(C)C[PH+](CC(C)C)CC(C)C.F[B-](F)(F)F.